The lowest BCUT2D eigenvalue weighted by molar-refractivity contribution is -0.118. The number of nitrogens with zero attached hydrogens (tertiary/aromatic N) is 1. The fraction of sp³-hybridized carbons (Fsp3) is 0.207. The molecule has 0 aliphatic heterocycles. The molecular weight excluding hydrogens is 490 g/mol. The zero-order valence-corrected chi connectivity index (χ0v) is 21.9. The number of nitrogens with one attached hydrogen (secondary N) is 2. The summed E-state index contributed by atoms with van der Waals surface area (Å²) >= 11 is 6.47. The molecular formula is C29H28ClN3O4. The molecule has 2 N–H and O–H groups in total. The third-order valence-electron chi connectivity index (χ3n) is 5.63. The van der Waals surface area contributed by atoms with Gasteiger partial charge in [-0.25, -0.2) is 0 Å². The summed E-state index contributed by atoms with van der Waals surface area (Å²) < 4.78 is 11.4. The number of hydrogen-bond donors (Lipinski definition) is 2. The second-order valence-electron chi connectivity index (χ2n) is 8.29. The van der Waals surface area contributed by atoms with Gasteiger partial charge in [0.15, 0.2) is 18.1 Å². The lowest BCUT2D eigenvalue weighted by Gasteiger charge is -2.15. The summed E-state index contributed by atoms with van der Waals surface area (Å²) in [7, 11) is 0. The van der Waals surface area contributed by atoms with Gasteiger partial charge in [0.25, 0.3) is 11.8 Å². The molecule has 0 aliphatic carbocycles. The van der Waals surface area contributed by atoms with Gasteiger partial charge in [-0.3, -0.25) is 9.59 Å². The Morgan fingerprint density at radius 1 is 0.973 bits per heavy atom. The first-order valence-corrected chi connectivity index (χ1v) is 12.0. The van der Waals surface area contributed by atoms with E-state index in [4.69, 9.17) is 21.1 Å². The number of nitriles is 1. The lowest BCUT2D eigenvalue weighted by atomic mass is 10.1. The third kappa shape index (κ3) is 7.12. The van der Waals surface area contributed by atoms with Crippen molar-refractivity contribution in [1.82, 2.24) is 0 Å². The molecule has 2 amide bonds. The van der Waals surface area contributed by atoms with Crippen molar-refractivity contribution < 1.29 is 19.1 Å². The monoisotopic (exact) mass is 517 g/mol. The van der Waals surface area contributed by atoms with Crippen LogP contribution in [0.2, 0.25) is 5.02 Å². The minimum atomic E-state index is -0.547. The van der Waals surface area contributed by atoms with E-state index in [0.717, 1.165) is 16.7 Å². The summed E-state index contributed by atoms with van der Waals surface area (Å²) in [5, 5.41) is 15.3. The van der Waals surface area contributed by atoms with Gasteiger partial charge in [0.1, 0.15) is 11.6 Å². The van der Waals surface area contributed by atoms with Crippen LogP contribution in [0.5, 0.6) is 11.5 Å². The molecule has 0 spiro atoms. The third-order valence-corrected chi connectivity index (χ3v) is 5.91. The smallest absolute Gasteiger partial charge is 0.266 e. The topological polar surface area (TPSA) is 100 Å². The number of benzene rings is 3. The van der Waals surface area contributed by atoms with Crippen molar-refractivity contribution in [3.8, 4) is 17.6 Å². The van der Waals surface area contributed by atoms with Gasteiger partial charge < -0.3 is 20.1 Å². The number of anilines is 2. The number of ether oxygens (including phenoxy) is 2. The summed E-state index contributed by atoms with van der Waals surface area (Å²) in [6.45, 7) is 7.58. The van der Waals surface area contributed by atoms with E-state index in [1.807, 2.05) is 57.2 Å². The van der Waals surface area contributed by atoms with Crippen molar-refractivity contribution in [2.75, 3.05) is 23.8 Å². The van der Waals surface area contributed by atoms with E-state index >= 15 is 0 Å². The standard InChI is InChI=1S/C29H28ClN3O4/c1-5-36-26-15-21(13-22(16-31)29(35)33-24-11-7-6-9-19(24)3)14-23(30)28(26)37-17-27(34)32-25-12-8-10-18(2)20(25)4/h6-15H,5,17H2,1-4H3,(H,32,34)(H,33,35)/b22-13-. The summed E-state index contributed by atoms with van der Waals surface area (Å²) in [5.74, 6) is -0.415. The highest BCUT2D eigenvalue weighted by atomic mass is 35.5. The Labute approximate surface area is 221 Å². The average Bonchev–Trinajstić information content (AvgIpc) is 2.86. The van der Waals surface area contributed by atoms with Crippen LogP contribution < -0.4 is 20.1 Å². The molecule has 3 aromatic rings. The summed E-state index contributed by atoms with van der Waals surface area (Å²) in [5.41, 5.74) is 4.59. The van der Waals surface area contributed by atoms with E-state index < -0.39 is 5.91 Å². The van der Waals surface area contributed by atoms with E-state index in [9.17, 15) is 14.9 Å². The SMILES string of the molecule is CCOc1cc(/C=C(/C#N)C(=O)Nc2ccccc2C)cc(Cl)c1OCC(=O)Nc1cccc(C)c1C. The van der Waals surface area contributed by atoms with Crippen LogP contribution >= 0.6 is 11.6 Å². The van der Waals surface area contributed by atoms with Crippen molar-refractivity contribution in [2.24, 2.45) is 0 Å². The van der Waals surface area contributed by atoms with Crippen LogP contribution in [0.4, 0.5) is 11.4 Å². The molecule has 0 atom stereocenters. The number of para-hydroxylation sites is 1. The molecule has 0 radical (unpaired) electrons. The molecule has 0 heterocycles. The van der Waals surface area contributed by atoms with Crippen molar-refractivity contribution in [1.29, 1.82) is 5.26 Å². The molecule has 0 aromatic heterocycles. The van der Waals surface area contributed by atoms with Gasteiger partial charge in [-0.05, 0) is 80.3 Å². The van der Waals surface area contributed by atoms with E-state index in [1.165, 1.54) is 6.08 Å². The molecule has 8 heteroatoms. The highest BCUT2D eigenvalue weighted by Gasteiger charge is 2.17. The molecule has 190 valence electrons. The molecule has 0 aliphatic rings. The minimum Gasteiger partial charge on any atom is -0.490 e. The average molecular weight is 518 g/mol. The molecule has 3 aromatic carbocycles. The van der Waals surface area contributed by atoms with Crippen molar-refractivity contribution >= 4 is 40.9 Å². The Bertz CT molecular complexity index is 1390. The fourth-order valence-corrected chi connectivity index (χ4v) is 3.78. The summed E-state index contributed by atoms with van der Waals surface area (Å²) in [6.07, 6.45) is 1.42. The molecule has 7 nitrogen and oxygen atoms in total. The number of rotatable bonds is 9. The first kappa shape index (κ1) is 27.3. The Hall–Kier alpha value is -4.28. The molecule has 0 saturated heterocycles. The van der Waals surface area contributed by atoms with Gasteiger partial charge in [0, 0.05) is 11.4 Å². The largest absolute Gasteiger partial charge is 0.490 e. The lowest BCUT2D eigenvalue weighted by Crippen LogP contribution is -2.21. The molecule has 3 rings (SSSR count). The number of halogens is 1. The second kappa shape index (κ2) is 12.6. The predicted octanol–water partition coefficient (Wildman–Crippen LogP) is 6.23. The number of hydrogen-bond acceptors (Lipinski definition) is 5. The summed E-state index contributed by atoms with van der Waals surface area (Å²) in [6, 6.07) is 18.0. The molecule has 0 bridgehead atoms. The fourth-order valence-electron chi connectivity index (χ4n) is 3.50. The van der Waals surface area contributed by atoms with E-state index in [1.54, 1.807) is 31.2 Å². The number of aryl methyl sites for hydroxylation is 2. The highest BCUT2D eigenvalue weighted by Crippen LogP contribution is 2.37. The van der Waals surface area contributed by atoms with Crippen LogP contribution in [0.25, 0.3) is 6.08 Å². The van der Waals surface area contributed by atoms with E-state index in [2.05, 4.69) is 10.6 Å². The van der Waals surface area contributed by atoms with E-state index in [0.29, 0.717) is 23.5 Å². The van der Waals surface area contributed by atoms with Gasteiger partial charge >= 0.3 is 0 Å². The Kier molecular flexibility index (Phi) is 9.31. The maximum Gasteiger partial charge on any atom is 0.266 e. The number of amides is 2. The zero-order chi connectivity index (χ0) is 26.9. The first-order chi connectivity index (χ1) is 17.7. The normalized spacial score (nSPS) is 10.9. The Morgan fingerprint density at radius 3 is 2.38 bits per heavy atom. The van der Waals surface area contributed by atoms with Gasteiger partial charge in [0.2, 0.25) is 0 Å². The van der Waals surface area contributed by atoms with E-state index in [-0.39, 0.29) is 34.6 Å². The van der Waals surface area contributed by atoms with Gasteiger partial charge in [-0.1, -0.05) is 41.9 Å². The zero-order valence-electron chi connectivity index (χ0n) is 21.1. The first-order valence-electron chi connectivity index (χ1n) is 11.7. The number of carbonyl (C=O) groups excluding carboxylic acids is 2. The Balaban J connectivity index is 1.79. The maximum absolute atomic E-state index is 12.7. The maximum atomic E-state index is 12.7. The molecule has 0 unspecified atom stereocenters. The van der Waals surface area contributed by atoms with Crippen LogP contribution in [0.3, 0.4) is 0 Å². The quantitative estimate of drug-likeness (QED) is 0.259. The molecule has 37 heavy (non-hydrogen) atoms. The van der Waals surface area contributed by atoms with Crippen LogP contribution in [-0.2, 0) is 9.59 Å². The second-order valence-corrected chi connectivity index (χ2v) is 8.69. The van der Waals surface area contributed by atoms with Crippen LogP contribution in [-0.4, -0.2) is 25.0 Å². The van der Waals surface area contributed by atoms with Gasteiger partial charge in [-0.2, -0.15) is 5.26 Å². The van der Waals surface area contributed by atoms with Crippen molar-refractivity contribution in [3.63, 3.8) is 0 Å². The van der Waals surface area contributed by atoms with Crippen molar-refractivity contribution in [2.45, 2.75) is 27.7 Å². The van der Waals surface area contributed by atoms with Crippen molar-refractivity contribution in [3.05, 3.63) is 87.4 Å². The van der Waals surface area contributed by atoms with Crippen LogP contribution in [0, 0.1) is 32.1 Å². The van der Waals surface area contributed by atoms with Crippen LogP contribution in [0.1, 0.15) is 29.2 Å². The van der Waals surface area contributed by atoms with Gasteiger partial charge in [-0.15, -0.1) is 0 Å². The van der Waals surface area contributed by atoms with Crippen LogP contribution in [0.15, 0.2) is 60.2 Å². The predicted molar refractivity (Wildman–Crippen MR) is 146 cm³/mol. The highest BCUT2D eigenvalue weighted by molar-refractivity contribution is 6.32. The summed E-state index contributed by atoms with van der Waals surface area (Å²) in [4.78, 5) is 25.2. The number of carbonyl (C=O) groups is 2. The van der Waals surface area contributed by atoms with Gasteiger partial charge in [0.05, 0.1) is 11.6 Å². The molecule has 0 saturated carbocycles. The molecule has 0 fully saturated rings. The Morgan fingerprint density at radius 2 is 1.68 bits per heavy atom. The minimum absolute atomic E-state index is 0.108.